The molecule has 1 atom stereocenters. The van der Waals surface area contributed by atoms with Crippen molar-refractivity contribution in [2.24, 2.45) is 5.41 Å². The molecule has 1 unspecified atom stereocenters. The van der Waals surface area contributed by atoms with Crippen LogP contribution in [-0.2, 0) is 17.8 Å². The molecule has 2 aliphatic carbocycles. The molecule has 3 aromatic rings. The van der Waals surface area contributed by atoms with Crippen LogP contribution in [0.3, 0.4) is 0 Å². The maximum absolute atomic E-state index is 15.6. The van der Waals surface area contributed by atoms with Crippen LogP contribution in [0.1, 0.15) is 74.1 Å². The normalized spacial score (nSPS) is 17.9. The first-order chi connectivity index (χ1) is 18.7. The van der Waals surface area contributed by atoms with Gasteiger partial charge in [0, 0.05) is 5.56 Å². The van der Waals surface area contributed by atoms with Crippen LogP contribution in [0.15, 0.2) is 54.6 Å². The van der Waals surface area contributed by atoms with Crippen LogP contribution in [-0.4, -0.2) is 18.2 Å². The van der Waals surface area contributed by atoms with Crippen LogP contribution in [0, 0.1) is 17.0 Å². The van der Waals surface area contributed by atoms with Gasteiger partial charge >= 0.3 is 5.97 Å². The van der Waals surface area contributed by atoms with Crippen LogP contribution in [0.5, 0.6) is 11.5 Å². The fraction of sp³-hybridized carbons (Fsp3) is 0.364. The molecule has 4 nitrogen and oxygen atoms in total. The molecule has 2 aliphatic rings. The van der Waals surface area contributed by atoms with E-state index in [-0.39, 0.29) is 35.9 Å². The van der Waals surface area contributed by atoms with E-state index in [1.54, 1.807) is 25.3 Å². The number of hydrogen-bond donors (Lipinski definition) is 1. The Balaban J connectivity index is 1.49. The van der Waals surface area contributed by atoms with Crippen LogP contribution >= 0.6 is 0 Å². The summed E-state index contributed by atoms with van der Waals surface area (Å²) in [6, 6.07) is 14.0. The number of halogens is 2. The summed E-state index contributed by atoms with van der Waals surface area (Å²) >= 11 is 0. The second-order valence-corrected chi connectivity index (χ2v) is 11.2. The molecular formula is C33H34F2O4. The fourth-order valence-corrected chi connectivity index (χ4v) is 6.08. The zero-order valence-electron chi connectivity index (χ0n) is 22.7. The molecule has 204 valence electrons. The molecule has 0 heterocycles. The van der Waals surface area contributed by atoms with Crippen molar-refractivity contribution in [2.45, 2.75) is 64.9 Å². The fourth-order valence-electron chi connectivity index (χ4n) is 6.08. The van der Waals surface area contributed by atoms with Gasteiger partial charge in [-0.25, -0.2) is 8.78 Å². The van der Waals surface area contributed by atoms with Gasteiger partial charge in [-0.1, -0.05) is 38.1 Å². The standard InChI is InChI=1S/C33H34F2O4/c1-33(2)15-5-8-27(33)25-16-20(9-12-24(25)26-18-23(38-3)11-13-28(26)34)19-39-29-14-10-21-6-4-7-22(17-30(36)37)31(21)32(29)35/h8-14,16,18,22H,4-7,15,17,19H2,1-3H3,(H,36,37). The number of carboxylic acids is 1. The summed E-state index contributed by atoms with van der Waals surface area (Å²) in [6.45, 7) is 4.51. The molecular weight excluding hydrogens is 498 g/mol. The lowest BCUT2D eigenvalue weighted by molar-refractivity contribution is -0.137. The molecule has 0 saturated heterocycles. The average Bonchev–Trinajstić information content (AvgIpc) is 3.27. The lowest BCUT2D eigenvalue weighted by Gasteiger charge is -2.26. The largest absolute Gasteiger partial charge is 0.497 e. The monoisotopic (exact) mass is 532 g/mol. The quantitative estimate of drug-likeness (QED) is 0.317. The third-order valence-electron chi connectivity index (χ3n) is 8.14. The van der Waals surface area contributed by atoms with E-state index in [0.717, 1.165) is 53.5 Å². The molecule has 0 radical (unpaired) electrons. The second-order valence-electron chi connectivity index (χ2n) is 11.2. The van der Waals surface area contributed by atoms with Gasteiger partial charge in [0.1, 0.15) is 18.2 Å². The van der Waals surface area contributed by atoms with Gasteiger partial charge in [0.15, 0.2) is 11.6 Å². The van der Waals surface area contributed by atoms with Gasteiger partial charge in [-0.15, -0.1) is 0 Å². The summed E-state index contributed by atoms with van der Waals surface area (Å²) < 4.78 is 42.0. The minimum atomic E-state index is -0.928. The van der Waals surface area contributed by atoms with Crippen molar-refractivity contribution >= 4 is 11.5 Å². The Labute approximate surface area is 228 Å². The molecule has 0 saturated carbocycles. The molecule has 6 heteroatoms. The lowest BCUT2D eigenvalue weighted by Crippen LogP contribution is -2.16. The SMILES string of the molecule is COc1ccc(F)c(-c2ccc(COc3ccc4c(c3F)C(CC(=O)O)CCC4)cc2C2=CCCC2(C)C)c1. The second kappa shape index (κ2) is 10.8. The van der Waals surface area contributed by atoms with E-state index in [1.165, 1.54) is 6.07 Å². The summed E-state index contributed by atoms with van der Waals surface area (Å²) in [6.07, 6.45) is 6.30. The number of benzene rings is 3. The van der Waals surface area contributed by atoms with Gasteiger partial charge < -0.3 is 14.6 Å². The Morgan fingerprint density at radius 1 is 1.05 bits per heavy atom. The third kappa shape index (κ3) is 5.42. The van der Waals surface area contributed by atoms with Crippen molar-refractivity contribution in [3.63, 3.8) is 0 Å². The Bertz CT molecular complexity index is 1440. The maximum atomic E-state index is 15.6. The van der Waals surface area contributed by atoms with E-state index in [1.807, 2.05) is 24.3 Å². The van der Waals surface area contributed by atoms with Crippen molar-refractivity contribution in [3.8, 4) is 22.6 Å². The van der Waals surface area contributed by atoms with Crippen molar-refractivity contribution in [2.75, 3.05) is 7.11 Å². The first-order valence-corrected chi connectivity index (χ1v) is 13.5. The van der Waals surface area contributed by atoms with Crippen LogP contribution in [0.4, 0.5) is 8.78 Å². The maximum Gasteiger partial charge on any atom is 0.303 e. The third-order valence-corrected chi connectivity index (χ3v) is 8.14. The summed E-state index contributed by atoms with van der Waals surface area (Å²) in [5.74, 6) is -1.37. The number of methoxy groups -OCH3 is 1. The van der Waals surface area contributed by atoms with Crippen LogP contribution < -0.4 is 9.47 Å². The average molecular weight is 533 g/mol. The van der Waals surface area contributed by atoms with Crippen molar-refractivity contribution in [1.82, 2.24) is 0 Å². The van der Waals surface area contributed by atoms with Gasteiger partial charge in [0.2, 0.25) is 0 Å². The molecule has 0 spiro atoms. The predicted molar refractivity (Wildman–Crippen MR) is 148 cm³/mol. The number of allylic oxidation sites excluding steroid dienone is 2. The van der Waals surface area contributed by atoms with Gasteiger partial charge in [-0.05, 0) is 107 Å². The number of fused-ring (bicyclic) bond motifs is 1. The molecule has 3 aromatic carbocycles. The highest BCUT2D eigenvalue weighted by atomic mass is 19.1. The molecule has 0 aromatic heterocycles. The topological polar surface area (TPSA) is 55.8 Å². The van der Waals surface area contributed by atoms with Crippen LogP contribution in [0.2, 0.25) is 0 Å². The zero-order chi connectivity index (χ0) is 27.7. The summed E-state index contributed by atoms with van der Waals surface area (Å²) in [4.78, 5) is 11.4. The Kier molecular flexibility index (Phi) is 7.48. The van der Waals surface area contributed by atoms with E-state index >= 15 is 8.78 Å². The number of ether oxygens (including phenoxy) is 2. The lowest BCUT2D eigenvalue weighted by atomic mass is 9.79. The van der Waals surface area contributed by atoms with E-state index in [2.05, 4.69) is 19.9 Å². The van der Waals surface area contributed by atoms with E-state index in [0.29, 0.717) is 23.3 Å². The Hall–Kier alpha value is -3.67. The van der Waals surface area contributed by atoms with Gasteiger partial charge in [0.25, 0.3) is 0 Å². The number of carboxylic acid groups (broad SMARTS) is 1. The summed E-state index contributed by atoms with van der Waals surface area (Å²) in [7, 11) is 1.56. The molecule has 5 rings (SSSR count). The Morgan fingerprint density at radius 3 is 2.59 bits per heavy atom. The molecule has 0 fully saturated rings. The van der Waals surface area contributed by atoms with E-state index in [9.17, 15) is 9.90 Å². The van der Waals surface area contributed by atoms with Crippen molar-refractivity contribution < 1.29 is 28.2 Å². The van der Waals surface area contributed by atoms with Crippen molar-refractivity contribution in [1.29, 1.82) is 0 Å². The van der Waals surface area contributed by atoms with Crippen molar-refractivity contribution in [3.05, 3.63) is 88.5 Å². The first kappa shape index (κ1) is 26.9. The minimum Gasteiger partial charge on any atom is -0.497 e. The number of aryl methyl sites for hydroxylation is 1. The molecule has 39 heavy (non-hydrogen) atoms. The summed E-state index contributed by atoms with van der Waals surface area (Å²) in [5.41, 5.74) is 5.41. The molecule has 0 amide bonds. The highest BCUT2D eigenvalue weighted by molar-refractivity contribution is 5.85. The van der Waals surface area contributed by atoms with Gasteiger partial charge in [0.05, 0.1) is 13.5 Å². The minimum absolute atomic E-state index is 0.0761. The molecule has 0 bridgehead atoms. The van der Waals surface area contributed by atoms with E-state index < -0.39 is 11.8 Å². The number of hydrogen-bond acceptors (Lipinski definition) is 3. The zero-order valence-corrected chi connectivity index (χ0v) is 22.7. The first-order valence-electron chi connectivity index (χ1n) is 13.5. The predicted octanol–water partition coefficient (Wildman–Crippen LogP) is 8.32. The van der Waals surface area contributed by atoms with E-state index in [4.69, 9.17) is 9.47 Å². The van der Waals surface area contributed by atoms with Gasteiger partial charge in [-0.3, -0.25) is 4.79 Å². The van der Waals surface area contributed by atoms with Crippen LogP contribution in [0.25, 0.3) is 16.7 Å². The number of rotatable bonds is 8. The smallest absolute Gasteiger partial charge is 0.303 e. The number of aliphatic carboxylic acids is 1. The highest BCUT2D eigenvalue weighted by Crippen LogP contribution is 2.47. The highest BCUT2D eigenvalue weighted by Gasteiger charge is 2.31. The van der Waals surface area contributed by atoms with Gasteiger partial charge in [-0.2, -0.15) is 0 Å². The summed E-state index contributed by atoms with van der Waals surface area (Å²) in [5, 5.41) is 9.32. The molecule has 1 N–H and O–H groups in total. The number of carbonyl (C=O) groups is 1. The Morgan fingerprint density at radius 2 is 1.87 bits per heavy atom. The molecule has 0 aliphatic heterocycles.